The smallest absolute Gasteiger partial charge is 0.322 e. The second-order valence-corrected chi connectivity index (χ2v) is 9.12. The maximum absolute atomic E-state index is 12.8. The number of thioether (sulfide) groups is 1. The summed E-state index contributed by atoms with van der Waals surface area (Å²) in [7, 11) is 0. The van der Waals surface area contributed by atoms with Crippen molar-refractivity contribution in [1.82, 2.24) is 30.9 Å². The minimum absolute atomic E-state index is 0.0207. The first-order valence-electron chi connectivity index (χ1n) is 10.5. The van der Waals surface area contributed by atoms with Gasteiger partial charge < -0.3 is 5.32 Å². The molecule has 1 aromatic heterocycles. The van der Waals surface area contributed by atoms with Crippen LogP contribution in [0.4, 0.5) is 4.79 Å². The third kappa shape index (κ3) is 4.43. The minimum Gasteiger partial charge on any atom is -0.322 e. The molecule has 0 bridgehead atoms. The Morgan fingerprint density at radius 2 is 1.97 bits per heavy atom. The molecular formula is C21H26N6O3S. The summed E-state index contributed by atoms with van der Waals surface area (Å²) in [5, 5.41) is 11.0. The van der Waals surface area contributed by atoms with Crippen molar-refractivity contribution >= 4 is 29.6 Å². The second-order valence-electron chi connectivity index (χ2n) is 8.18. The van der Waals surface area contributed by atoms with Gasteiger partial charge in [-0.1, -0.05) is 49.9 Å². The van der Waals surface area contributed by atoms with E-state index in [0.717, 1.165) is 41.6 Å². The molecule has 0 radical (unpaired) electrons. The lowest BCUT2D eigenvalue weighted by atomic mass is 9.77. The number of nitrogens with one attached hydrogen (secondary N) is 3. The van der Waals surface area contributed by atoms with Crippen molar-refractivity contribution < 1.29 is 14.4 Å². The molecule has 2 aliphatic rings. The average Bonchev–Trinajstić information content (AvgIpc) is 3.34. The molecule has 31 heavy (non-hydrogen) atoms. The normalized spacial score (nSPS) is 23.3. The number of hydrazine groups is 1. The van der Waals surface area contributed by atoms with Gasteiger partial charge in [0, 0.05) is 5.56 Å². The van der Waals surface area contributed by atoms with Crippen molar-refractivity contribution in [3.05, 3.63) is 29.8 Å². The zero-order valence-electron chi connectivity index (χ0n) is 17.6. The van der Waals surface area contributed by atoms with Crippen LogP contribution in [0.15, 0.2) is 29.4 Å². The Kier molecular flexibility index (Phi) is 5.99. The van der Waals surface area contributed by atoms with E-state index < -0.39 is 17.5 Å². The maximum Gasteiger partial charge on any atom is 0.344 e. The third-order valence-corrected chi connectivity index (χ3v) is 6.81. The molecule has 2 aromatic rings. The van der Waals surface area contributed by atoms with Gasteiger partial charge >= 0.3 is 6.03 Å². The van der Waals surface area contributed by atoms with Gasteiger partial charge in [0.15, 0.2) is 5.82 Å². The third-order valence-electron chi connectivity index (χ3n) is 5.96. The number of nitrogens with zero attached hydrogens (tertiary/aromatic N) is 3. The first kappa shape index (κ1) is 21.4. The summed E-state index contributed by atoms with van der Waals surface area (Å²) >= 11 is 1.13. The van der Waals surface area contributed by atoms with E-state index in [9.17, 15) is 14.4 Å². The number of hydrogen-bond acceptors (Lipinski definition) is 6. The summed E-state index contributed by atoms with van der Waals surface area (Å²) in [5.41, 5.74) is 3.70. The van der Waals surface area contributed by atoms with Crippen molar-refractivity contribution in [2.45, 2.75) is 56.6 Å². The quantitative estimate of drug-likeness (QED) is 0.467. The molecule has 1 aliphatic heterocycles. The van der Waals surface area contributed by atoms with E-state index in [2.05, 4.69) is 39.8 Å². The van der Waals surface area contributed by atoms with E-state index in [4.69, 9.17) is 0 Å². The van der Waals surface area contributed by atoms with Crippen LogP contribution in [0.5, 0.6) is 0 Å². The Labute approximate surface area is 184 Å². The standard InChI is InChI=1S/C21H26N6O3S/c1-3-14-4-6-15(7-5-14)17-22-19(25-24-17)31-12-16(28)26-27-18(29)21(23-20(27)30)10-8-13(2)9-11-21/h4-7,13H,3,8-12H2,1-2H3,(H,23,30)(H,26,28)(H,22,24,25). The molecule has 4 rings (SSSR count). The molecule has 2 heterocycles. The maximum atomic E-state index is 12.8. The molecule has 0 atom stereocenters. The van der Waals surface area contributed by atoms with E-state index >= 15 is 0 Å². The van der Waals surface area contributed by atoms with Crippen LogP contribution >= 0.6 is 11.8 Å². The molecule has 2 fully saturated rings. The SMILES string of the molecule is CCc1ccc(-c2nc(SCC(=O)NN3C(=O)NC4(CCC(C)CC4)C3=O)n[nH]2)cc1. The Morgan fingerprint density at radius 1 is 1.26 bits per heavy atom. The molecule has 1 saturated heterocycles. The van der Waals surface area contributed by atoms with Crippen LogP contribution in [0.25, 0.3) is 11.4 Å². The zero-order valence-corrected chi connectivity index (χ0v) is 18.4. The number of urea groups is 1. The second kappa shape index (κ2) is 8.70. The Bertz CT molecular complexity index is 981. The molecule has 1 aromatic carbocycles. The van der Waals surface area contributed by atoms with Crippen LogP contribution < -0.4 is 10.7 Å². The number of H-pyrrole nitrogens is 1. The van der Waals surface area contributed by atoms with E-state index in [1.54, 1.807) is 0 Å². The topological polar surface area (TPSA) is 120 Å². The molecule has 164 valence electrons. The zero-order chi connectivity index (χ0) is 22.0. The highest BCUT2D eigenvalue weighted by molar-refractivity contribution is 7.99. The number of carbonyl (C=O) groups excluding carboxylic acids is 3. The number of aromatic nitrogens is 3. The lowest BCUT2D eigenvalue weighted by molar-refractivity contribution is -0.139. The van der Waals surface area contributed by atoms with Crippen molar-refractivity contribution in [2.75, 3.05) is 5.75 Å². The summed E-state index contributed by atoms with van der Waals surface area (Å²) < 4.78 is 0. The summed E-state index contributed by atoms with van der Waals surface area (Å²) in [6.45, 7) is 4.23. The fourth-order valence-corrected chi connectivity index (χ4v) is 4.53. The number of hydrogen-bond donors (Lipinski definition) is 3. The number of imide groups is 1. The van der Waals surface area contributed by atoms with E-state index in [-0.39, 0.29) is 11.7 Å². The van der Waals surface area contributed by atoms with Crippen molar-refractivity contribution in [2.24, 2.45) is 5.92 Å². The number of aryl methyl sites for hydroxylation is 1. The summed E-state index contributed by atoms with van der Waals surface area (Å²) in [4.78, 5) is 41.9. The summed E-state index contributed by atoms with van der Waals surface area (Å²) in [6, 6.07) is 7.44. The molecule has 0 unspecified atom stereocenters. The van der Waals surface area contributed by atoms with Crippen LogP contribution in [-0.4, -0.2) is 49.3 Å². The molecule has 9 nitrogen and oxygen atoms in total. The highest BCUT2D eigenvalue weighted by Crippen LogP contribution is 2.35. The van der Waals surface area contributed by atoms with Crippen molar-refractivity contribution in [3.63, 3.8) is 0 Å². The van der Waals surface area contributed by atoms with Crippen LogP contribution in [0.2, 0.25) is 0 Å². The van der Waals surface area contributed by atoms with Gasteiger partial charge in [0.1, 0.15) is 5.54 Å². The van der Waals surface area contributed by atoms with Crippen molar-refractivity contribution in [3.8, 4) is 11.4 Å². The summed E-state index contributed by atoms with van der Waals surface area (Å²) in [6.07, 6.45) is 3.90. The molecule has 10 heteroatoms. The van der Waals surface area contributed by atoms with Gasteiger partial charge in [0.25, 0.3) is 5.91 Å². The minimum atomic E-state index is -0.879. The van der Waals surface area contributed by atoms with Crippen LogP contribution in [0.3, 0.4) is 0 Å². The van der Waals surface area contributed by atoms with E-state index in [0.29, 0.717) is 29.7 Å². The monoisotopic (exact) mass is 442 g/mol. The first-order valence-corrected chi connectivity index (χ1v) is 11.5. The highest BCUT2D eigenvalue weighted by atomic mass is 32.2. The number of amides is 4. The molecule has 3 N–H and O–H groups in total. The number of aromatic amines is 1. The largest absolute Gasteiger partial charge is 0.344 e. The lowest BCUT2D eigenvalue weighted by Gasteiger charge is -2.33. The van der Waals surface area contributed by atoms with Gasteiger partial charge in [-0.2, -0.15) is 5.01 Å². The number of carbonyl (C=O) groups is 3. The van der Waals surface area contributed by atoms with Gasteiger partial charge in [-0.05, 0) is 43.6 Å². The van der Waals surface area contributed by atoms with Gasteiger partial charge in [0.2, 0.25) is 11.1 Å². The highest BCUT2D eigenvalue weighted by Gasteiger charge is 2.52. The van der Waals surface area contributed by atoms with E-state index in [1.807, 2.05) is 24.3 Å². The summed E-state index contributed by atoms with van der Waals surface area (Å²) in [5.74, 6) is 0.291. The number of benzene rings is 1. The first-order chi connectivity index (χ1) is 14.9. The van der Waals surface area contributed by atoms with E-state index in [1.165, 1.54) is 5.56 Å². The molecule has 1 spiro atoms. The van der Waals surface area contributed by atoms with Crippen molar-refractivity contribution in [1.29, 1.82) is 0 Å². The van der Waals surface area contributed by atoms with Crippen LogP contribution in [-0.2, 0) is 16.0 Å². The molecule has 1 aliphatic carbocycles. The lowest BCUT2D eigenvalue weighted by Crippen LogP contribution is -2.51. The predicted molar refractivity (Wildman–Crippen MR) is 116 cm³/mol. The fourth-order valence-electron chi connectivity index (χ4n) is 3.94. The fraction of sp³-hybridized carbons (Fsp3) is 0.476. The van der Waals surface area contributed by atoms with Crippen LogP contribution in [0, 0.1) is 5.92 Å². The van der Waals surface area contributed by atoms with Gasteiger partial charge in [0.05, 0.1) is 5.75 Å². The molecular weight excluding hydrogens is 416 g/mol. The van der Waals surface area contributed by atoms with Gasteiger partial charge in [-0.3, -0.25) is 20.1 Å². The Hall–Kier alpha value is -2.88. The Balaban J connectivity index is 1.32. The van der Waals surface area contributed by atoms with Gasteiger partial charge in [-0.15, -0.1) is 5.10 Å². The Morgan fingerprint density at radius 3 is 2.65 bits per heavy atom. The molecule has 1 saturated carbocycles. The number of rotatable bonds is 6. The predicted octanol–water partition coefficient (Wildman–Crippen LogP) is 2.66. The average molecular weight is 443 g/mol. The van der Waals surface area contributed by atoms with Gasteiger partial charge in [-0.25, -0.2) is 9.78 Å². The van der Waals surface area contributed by atoms with Crippen LogP contribution in [0.1, 0.15) is 45.1 Å². The molecule has 4 amide bonds.